The first-order chi connectivity index (χ1) is 8.22. The monoisotopic (exact) mass is 235 g/mol. The van der Waals surface area contributed by atoms with Gasteiger partial charge in [0.05, 0.1) is 18.8 Å². The Hall–Kier alpha value is -1.87. The van der Waals surface area contributed by atoms with Crippen molar-refractivity contribution in [2.45, 2.75) is 19.9 Å². The summed E-state index contributed by atoms with van der Waals surface area (Å²) in [6.07, 6.45) is 3.62. The van der Waals surface area contributed by atoms with Gasteiger partial charge in [0.2, 0.25) is 0 Å². The molecule has 0 bridgehead atoms. The zero-order valence-electron chi connectivity index (χ0n) is 9.96. The van der Waals surface area contributed by atoms with Gasteiger partial charge in [-0.1, -0.05) is 0 Å². The van der Waals surface area contributed by atoms with E-state index in [-0.39, 0.29) is 5.91 Å². The Morgan fingerprint density at radius 1 is 1.71 bits per heavy atom. The summed E-state index contributed by atoms with van der Waals surface area (Å²) >= 11 is 0. The molecule has 0 atom stereocenters. The number of nitrogens with two attached hydrogens (primary N) is 1. The third-order valence-electron chi connectivity index (χ3n) is 2.40. The van der Waals surface area contributed by atoms with Gasteiger partial charge in [-0.25, -0.2) is 4.98 Å². The molecule has 0 saturated carbocycles. The number of nitrogens with zero attached hydrogens (tertiary/aromatic N) is 4. The second-order valence-corrected chi connectivity index (χ2v) is 3.58. The molecule has 0 aromatic carbocycles. The Morgan fingerprint density at radius 3 is 3.06 bits per heavy atom. The molecule has 0 aliphatic carbocycles. The highest BCUT2D eigenvalue weighted by molar-refractivity contribution is 5.92. The average Bonchev–Trinajstić information content (AvgIpc) is 2.79. The van der Waals surface area contributed by atoms with Crippen LogP contribution in [0.4, 0.5) is 0 Å². The van der Waals surface area contributed by atoms with Crippen LogP contribution in [-0.2, 0) is 6.54 Å². The number of hydrogen-bond donors (Lipinski definition) is 1. The van der Waals surface area contributed by atoms with Gasteiger partial charge in [-0.05, 0) is 6.92 Å². The lowest BCUT2D eigenvalue weighted by molar-refractivity contribution is 0.0762. The van der Waals surface area contributed by atoms with E-state index in [4.69, 9.17) is 11.0 Å². The van der Waals surface area contributed by atoms with Gasteiger partial charge < -0.3 is 15.2 Å². The molecule has 0 radical (unpaired) electrons. The fourth-order valence-electron chi connectivity index (χ4n) is 1.49. The molecular formula is C11H17N5O. The van der Waals surface area contributed by atoms with Crippen LogP contribution in [0.5, 0.6) is 0 Å². The maximum absolute atomic E-state index is 12.0. The van der Waals surface area contributed by atoms with Crippen LogP contribution in [0, 0.1) is 11.3 Å². The molecule has 6 nitrogen and oxygen atoms in total. The van der Waals surface area contributed by atoms with Gasteiger partial charge in [0.15, 0.2) is 0 Å². The molecular weight excluding hydrogens is 218 g/mol. The number of aromatic nitrogens is 2. The van der Waals surface area contributed by atoms with E-state index in [0.717, 1.165) is 0 Å². The summed E-state index contributed by atoms with van der Waals surface area (Å²) in [6.45, 7) is 4.05. The quantitative estimate of drug-likeness (QED) is 0.763. The molecule has 1 aromatic heterocycles. The molecule has 1 heterocycles. The summed E-state index contributed by atoms with van der Waals surface area (Å²) in [4.78, 5) is 17.7. The SMILES string of the molecule is CCN(CCC#N)C(=O)c1cn(CCN)cn1. The second kappa shape index (κ2) is 6.66. The third kappa shape index (κ3) is 3.57. The molecule has 1 amide bonds. The van der Waals surface area contributed by atoms with E-state index in [2.05, 4.69) is 4.98 Å². The first-order valence-electron chi connectivity index (χ1n) is 5.61. The molecule has 2 N–H and O–H groups in total. The lowest BCUT2D eigenvalue weighted by Crippen LogP contribution is -2.31. The Morgan fingerprint density at radius 2 is 2.47 bits per heavy atom. The highest BCUT2D eigenvalue weighted by Gasteiger charge is 2.16. The number of hydrogen-bond acceptors (Lipinski definition) is 4. The minimum absolute atomic E-state index is 0.140. The highest BCUT2D eigenvalue weighted by Crippen LogP contribution is 2.03. The van der Waals surface area contributed by atoms with Crippen LogP contribution in [0.15, 0.2) is 12.5 Å². The fourth-order valence-corrected chi connectivity index (χ4v) is 1.49. The Kier molecular flexibility index (Phi) is 5.17. The number of amides is 1. The highest BCUT2D eigenvalue weighted by atomic mass is 16.2. The van der Waals surface area contributed by atoms with E-state index in [0.29, 0.717) is 38.3 Å². The predicted molar refractivity (Wildman–Crippen MR) is 63.1 cm³/mol. The van der Waals surface area contributed by atoms with Crippen molar-refractivity contribution in [2.75, 3.05) is 19.6 Å². The van der Waals surface area contributed by atoms with E-state index in [1.807, 2.05) is 13.0 Å². The van der Waals surface area contributed by atoms with Crippen LogP contribution in [0.3, 0.4) is 0 Å². The topological polar surface area (TPSA) is 87.9 Å². The van der Waals surface area contributed by atoms with Gasteiger partial charge in [0.25, 0.3) is 5.91 Å². The molecule has 0 aliphatic heterocycles. The average molecular weight is 235 g/mol. The lowest BCUT2D eigenvalue weighted by atomic mass is 10.3. The van der Waals surface area contributed by atoms with Crippen molar-refractivity contribution < 1.29 is 4.79 Å². The van der Waals surface area contributed by atoms with Gasteiger partial charge in [-0.15, -0.1) is 0 Å². The normalized spacial score (nSPS) is 9.94. The molecule has 0 unspecified atom stereocenters. The number of nitriles is 1. The van der Waals surface area contributed by atoms with Crippen LogP contribution in [0.25, 0.3) is 0 Å². The third-order valence-corrected chi connectivity index (χ3v) is 2.40. The maximum atomic E-state index is 12.0. The summed E-state index contributed by atoms with van der Waals surface area (Å²) < 4.78 is 1.78. The first-order valence-corrected chi connectivity index (χ1v) is 5.61. The first kappa shape index (κ1) is 13.2. The van der Waals surface area contributed by atoms with E-state index >= 15 is 0 Å². The van der Waals surface area contributed by atoms with E-state index in [1.54, 1.807) is 22.0 Å². The molecule has 0 spiro atoms. The van der Waals surface area contributed by atoms with Crippen molar-refractivity contribution in [3.05, 3.63) is 18.2 Å². The van der Waals surface area contributed by atoms with Crippen molar-refractivity contribution in [2.24, 2.45) is 5.73 Å². The van der Waals surface area contributed by atoms with Crippen LogP contribution in [0.1, 0.15) is 23.8 Å². The van der Waals surface area contributed by atoms with Crippen LogP contribution < -0.4 is 5.73 Å². The lowest BCUT2D eigenvalue weighted by Gasteiger charge is -2.17. The molecule has 1 rings (SSSR count). The summed E-state index contributed by atoms with van der Waals surface area (Å²) in [5, 5.41) is 8.52. The van der Waals surface area contributed by atoms with Crippen LogP contribution in [-0.4, -0.2) is 40.0 Å². The summed E-state index contributed by atoms with van der Waals surface area (Å²) in [5.74, 6) is -0.140. The van der Waals surface area contributed by atoms with Gasteiger partial charge >= 0.3 is 0 Å². The van der Waals surface area contributed by atoms with E-state index in [9.17, 15) is 4.79 Å². The van der Waals surface area contributed by atoms with Crippen LogP contribution >= 0.6 is 0 Å². The van der Waals surface area contributed by atoms with Crippen molar-refractivity contribution in [1.82, 2.24) is 14.5 Å². The number of rotatable bonds is 6. The van der Waals surface area contributed by atoms with Crippen molar-refractivity contribution in [3.63, 3.8) is 0 Å². The Balaban J connectivity index is 2.69. The number of carbonyl (C=O) groups excluding carboxylic acids is 1. The van der Waals surface area contributed by atoms with Gasteiger partial charge in [0.1, 0.15) is 5.69 Å². The molecule has 1 aromatic rings. The van der Waals surface area contributed by atoms with Gasteiger partial charge in [-0.3, -0.25) is 4.79 Å². The van der Waals surface area contributed by atoms with Crippen LogP contribution in [0.2, 0.25) is 0 Å². The van der Waals surface area contributed by atoms with E-state index in [1.165, 1.54) is 0 Å². The summed E-state index contributed by atoms with van der Waals surface area (Å²) in [5.41, 5.74) is 5.82. The van der Waals surface area contributed by atoms with Gasteiger partial charge in [-0.2, -0.15) is 5.26 Å². The predicted octanol–water partition coefficient (Wildman–Crippen LogP) is 0.218. The summed E-state index contributed by atoms with van der Waals surface area (Å²) in [7, 11) is 0. The number of imidazole rings is 1. The van der Waals surface area contributed by atoms with Crippen molar-refractivity contribution in [3.8, 4) is 6.07 Å². The number of carbonyl (C=O) groups is 1. The van der Waals surface area contributed by atoms with Crippen molar-refractivity contribution in [1.29, 1.82) is 5.26 Å². The van der Waals surface area contributed by atoms with E-state index < -0.39 is 0 Å². The molecule has 0 fully saturated rings. The molecule has 92 valence electrons. The summed E-state index contributed by atoms with van der Waals surface area (Å²) in [6, 6.07) is 2.03. The minimum atomic E-state index is -0.140. The molecule has 17 heavy (non-hydrogen) atoms. The molecule has 0 aliphatic rings. The zero-order valence-corrected chi connectivity index (χ0v) is 9.96. The Labute approximate surface area is 101 Å². The minimum Gasteiger partial charge on any atom is -0.337 e. The smallest absolute Gasteiger partial charge is 0.274 e. The molecule has 6 heteroatoms. The fraction of sp³-hybridized carbons (Fsp3) is 0.545. The maximum Gasteiger partial charge on any atom is 0.274 e. The van der Waals surface area contributed by atoms with Gasteiger partial charge in [0, 0.05) is 32.4 Å². The standard InChI is InChI=1S/C11H17N5O/c1-2-16(6-3-4-12)11(17)10-8-15(7-5-13)9-14-10/h8-9H,2-3,5-7,13H2,1H3. The second-order valence-electron chi connectivity index (χ2n) is 3.58. The molecule has 0 saturated heterocycles. The largest absolute Gasteiger partial charge is 0.337 e. The zero-order chi connectivity index (χ0) is 12.7. The van der Waals surface area contributed by atoms with Crippen molar-refractivity contribution >= 4 is 5.91 Å². The Bertz CT molecular complexity index is 406.